The van der Waals surface area contributed by atoms with Gasteiger partial charge in [-0.2, -0.15) is 0 Å². The summed E-state index contributed by atoms with van der Waals surface area (Å²) in [6, 6.07) is 8.56. The first kappa shape index (κ1) is 20.7. The van der Waals surface area contributed by atoms with Crippen molar-refractivity contribution in [3.63, 3.8) is 0 Å². The number of hydrogen-bond donors (Lipinski definition) is 3. The molecule has 2 heterocycles. The quantitative estimate of drug-likeness (QED) is 0.677. The number of amides is 2. The van der Waals surface area contributed by atoms with Gasteiger partial charge in [-0.1, -0.05) is 24.4 Å². The third-order valence-electron chi connectivity index (χ3n) is 5.41. The van der Waals surface area contributed by atoms with Gasteiger partial charge in [-0.25, -0.2) is 0 Å². The summed E-state index contributed by atoms with van der Waals surface area (Å²) in [4.78, 5) is 24.6. The molecule has 6 nitrogen and oxygen atoms in total. The number of nitrogens with one attached hydrogen (secondary N) is 3. The SMILES string of the molecule is Cl.O=C(Nc1ccc(NC(=O)C2CC3CCCCC3N2)cc1Cl)c1ccco1. The predicted molar refractivity (Wildman–Crippen MR) is 111 cm³/mol. The lowest BCUT2D eigenvalue weighted by atomic mass is 9.85. The number of furan rings is 1. The van der Waals surface area contributed by atoms with Gasteiger partial charge in [-0.15, -0.1) is 12.4 Å². The van der Waals surface area contributed by atoms with E-state index in [0.717, 1.165) is 12.8 Å². The van der Waals surface area contributed by atoms with E-state index < -0.39 is 0 Å². The van der Waals surface area contributed by atoms with E-state index in [2.05, 4.69) is 16.0 Å². The molecule has 1 aliphatic carbocycles. The zero-order valence-electron chi connectivity index (χ0n) is 15.2. The maximum absolute atomic E-state index is 12.6. The van der Waals surface area contributed by atoms with Crippen LogP contribution in [-0.2, 0) is 4.79 Å². The minimum Gasteiger partial charge on any atom is -0.459 e. The van der Waals surface area contributed by atoms with Gasteiger partial charge in [0.1, 0.15) is 0 Å². The number of hydrogen-bond acceptors (Lipinski definition) is 4. The van der Waals surface area contributed by atoms with Gasteiger partial charge in [-0.05, 0) is 55.5 Å². The van der Waals surface area contributed by atoms with Crippen LogP contribution in [0.15, 0.2) is 41.0 Å². The van der Waals surface area contributed by atoms with Gasteiger partial charge >= 0.3 is 0 Å². The largest absolute Gasteiger partial charge is 0.459 e. The fourth-order valence-corrected chi connectivity index (χ4v) is 4.26. The lowest BCUT2D eigenvalue weighted by Gasteiger charge is -2.24. The van der Waals surface area contributed by atoms with Crippen molar-refractivity contribution in [2.75, 3.05) is 10.6 Å². The molecular formula is C20H23Cl2N3O3. The van der Waals surface area contributed by atoms with Crippen molar-refractivity contribution < 1.29 is 14.0 Å². The molecule has 8 heteroatoms. The average Bonchev–Trinajstić information content (AvgIpc) is 3.33. The van der Waals surface area contributed by atoms with Crippen LogP contribution in [0.2, 0.25) is 5.02 Å². The van der Waals surface area contributed by atoms with Crippen LogP contribution in [0.1, 0.15) is 42.7 Å². The van der Waals surface area contributed by atoms with E-state index in [1.807, 2.05) is 0 Å². The number of fused-ring (bicyclic) bond motifs is 1. The average molecular weight is 424 g/mol. The monoisotopic (exact) mass is 423 g/mol. The van der Waals surface area contributed by atoms with Crippen LogP contribution in [0.25, 0.3) is 0 Å². The maximum atomic E-state index is 12.6. The Labute approximate surface area is 174 Å². The zero-order valence-corrected chi connectivity index (χ0v) is 16.8. The van der Waals surface area contributed by atoms with Crippen molar-refractivity contribution in [3.05, 3.63) is 47.4 Å². The van der Waals surface area contributed by atoms with Crippen LogP contribution in [0.5, 0.6) is 0 Å². The van der Waals surface area contributed by atoms with Gasteiger partial charge in [-0.3, -0.25) is 9.59 Å². The van der Waals surface area contributed by atoms with Crippen molar-refractivity contribution in [3.8, 4) is 0 Å². The van der Waals surface area contributed by atoms with Gasteiger partial charge in [0.25, 0.3) is 5.91 Å². The Bertz CT molecular complexity index is 827. The highest BCUT2D eigenvalue weighted by atomic mass is 35.5. The summed E-state index contributed by atoms with van der Waals surface area (Å²) in [6.07, 6.45) is 7.19. The first-order valence-electron chi connectivity index (χ1n) is 9.31. The second-order valence-corrected chi connectivity index (χ2v) is 7.63. The molecule has 28 heavy (non-hydrogen) atoms. The van der Waals surface area contributed by atoms with Crippen LogP contribution < -0.4 is 16.0 Å². The van der Waals surface area contributed by atoms with Gasteiger partial charge in [0.15, 0.2) is 5.76 Å². The molecule has 1 saturated heterocycles. The molecule has 0 spiro atoms. The Morgan fingerprint density at radius 1 is 1.14 bits per heavy atom. The molecule has 3 N–H and O–H groups in total. The number of benzene rings is 1. The highest BCUT2D eigenvalue weighted by Gasteiger charge is 2.38. The van der Waals surface area contributed by atoms with Gasteiger partial charge in [0.05, 0.1) is 23.0 Å². The third-order valence-corrected chi connectivity index (χ3v) is 5.72. The van der Waals surface area contributed by atoms with Crippen molar-refractivity contribution in [2.24, 2.45) is 5.92 Å². The van der Waals surface area contributed by atoms with E-state index in [-0.39, 0.29) is 36.0 Å². The number of carbonyl (C=O) groups is 2. The van der Waals surface area contributed by atoms with Gasteiger partial charge < -0.3 is 20.4 Å². The van der Waals surface area contributed by atoms with Crippen LogP contribution in [0.4, 0.5) is 11.4 Å². The lowest BCUT2D eigenvalue weighted by Crippen LogP contribution is -2.39. The Morgan fingerprint density at radius 3 is 2.68 bits per heavy atom. The molecule has 0 radical (unpaired) electrons. The summed E-state index contributed by atoms with van der Waals surface area (Å²) < 4.78 is 5.06. The van der Waals surface area contributed by atoms with Gasteiger partial charge in [0, 0.05) is 11.7 Å². The van der Waals surface area contributed by atoms with Crippen LogP contribution in [0, 0.1) is 5.92 Å². The van der Waals surface area contributed by atoms with Crippen molar-refractivity contribution >= 4 is 47.2 Å². The minimum absolute atomic E-state index is 0. The predicted octanol–water partition coefficient (Wildman–Crippen LogP) is 4.47. The smallest absolute Gasteiger partial charge is 0.291 e. The molecule has 1 aliphatic heterocycles. The Morgan fingerprint density at radius 2 is 1.96 bits per heavy atom. The Hall–Kier alpha value is -2.02. The van der Waals surface area contributed by atoms with E-state index in [0.29, 0.717) is 28.4 Å². The highest BCUT2D eigenvalue weighted by molar-refractivity contribution is 6.34. The molecular weight excluding hydrogens is 401 g/mol. The van der Waals surface area contributed by atoms with Crippen molar-refractivity contribution in [1.82, 2.24) is 5.32 Å². The zero-order chi connectivity index (χ0) is 18.8. The van der Waals surface area contributed by atoms with Crippen LogP contribution in [0.3, 0.4) is 0 Å². The second-order valence-electron chi connectivity index (χ2n) is 7.22. The number of halogens is 2. The molecule has 3 atom stereocenters. The first-order valence-corrected chi connectivity index (χ1v) is 9.69. The summed E-state index contributed by atoms with van der Waals surface area (Å²) in [5, 5.41) is 9.43. The second kappa shape index (κ2) is 8.99. The standard InChI is InChI=1S/C20H22ClN3O3.ClH/c21-14-11-13(7-8-16(14)24-20(26)18-6-3-9-27-18)22-19(25)17-10-12-4-1-2-5-15(12)23-17;/h3,6-9,11-12,15,17,23H,1-2,4-5,10H2,(H,22,25)(H,24,26);1H. The first-order chi connectivity index (χ1) is 13.1. The fraction of sp³-hybridized carbons (Fsp3) is 0.400. The van der Waals surface area contributed by atoms with E-state index >= 15 is 0 Å². The summed E-state index contributed by atoms with van der Waals surface area (Å²) in [7, 11) is 0. The van der Waals surface area contributed by atoms with Crippen molar-refractivity contribution in [1.29, 1.82) is 0 Å². The molecule has 3 unspecified atom stereocenters. The lowest BCUT2D eigenvalue weighted by molar-refractivity contribution is -0.117. The van der Waals surface area contributed by atoms with Crippen LogP contribution >= 0.6 is 24.0 Å². The topological polar surface area (TPSA) is 83.4 Å². The molecule has 1 saturated carbocycles. The number of carbonyl (C=O) groups excluding carboxylic acids is 2. The van der Waals surface area contributed by atoms with Gasteiger partial charge in [0.2, 0.25) is 5.91 Å². The molecule has 2 aromatic rings. The molecule has 1 aromatic heterocycles. The highest BCUT2D eigenvalue weighted by Crippen LogP contribution is 2.34. The molecule has 2 amide bonds. The van der Waals surface area contributed by atoms with E-state index in [4.69, 9.17) is 16.0 Å². The summed E-state index contributed by atoms with van der Waals surface area (Å²) in [5.74, 6) is 0.402. The maximum Gasteiger partial charge on any atom is 0.291 e. The Kier molecular flexibility index (Phi) is 6.65. The summed E-state index contributed by atoms with van der Waals surface area (Å²) in [6.45, 7) is 0. The third kappa shape index (κ3) is 4.51. The minimum atomic E-state index is -0.378. The Balaban J connectivity index is 0.00000225. The van der Waals surface area contributed by atoms with E-state index in [1.165, 1.54) is 25.5 Å². The van der Waals surface area contributed by atoms with E-state index in [9.17, 15) is 9.59 Å². The summed E-state index contributed by atoms with van der Waals surface area (Å²) in [5.41, 5.74) is 1.07. The molecule has 4 rings (SSSR count). The molecule has 2 aliphatic rings. The number of anilines is 2. The summed E-state index contributed by atoms with van der Waals surface area (Å²) >= 11 is 6.27. The molecule has 0 bridgehead atoms. The number of rotatable bonds is 4. The molecule has 150 valence electrons. The molecule has 1 aromatic carbocycles. The normalized spacial score (nSPS) is 23.4. The van der Waals surface area contributed by atoms with Crippen LogP contribution in [-0.4, -0.2) is 23.9 Å². The molecule has 2 fully saturated rings. The van der Waals surface area contributed by atoms with Crippen molar-refractivity contribution in [2.45, 2.75) is 44.2 Å². The fourth-order valence-electron chi connectivity index (χ4n) is 4.04. The van der Waals surface area contributed by atoms with E-state index in [1.54, 1.807) is 30.3 Å².